The van der Waals surface area contributed by atoms with Crippen molar-refractivity contribution in [3.8, 4) is 0 Å². The fourth-order valence-electron chi connectivity index (χ4n) is 2.44. The van der Waals surface area contributed by atoms with Crippen molar-refractivity contribution in [3.05, 3.63) is 17.5 Å². The summed E-state index contributed by atoms with van der Waals surface area (Å²) in [4.78, 5) is 0. The Morgan fingerprint density at radius 2 is 2.25 bits per heavy atom. The first-order valence-electron chi connectivity index (χ1n) is 6.80. The van der Waals surface area contributed by atoms with Crippen LogP contribution in [0.4, 0.5) is 0 Å². The Labute approximate surface area is 119 Å². The molecule has 0 amide bonds. The van der Waals surface area contributed by atoms with E-state index < -0.39 is 10.2 Å². The first kappa shape index (κ1) is 15.4. The maximum atomic E-state index is 12.3. The van der Waals surface area contributed by atoms with Crippen LogP contribution in [0.5, 0.6) is 0 Å². The summed E-state index contributed by atoms with van der Waals surface area (Å²) in [6.45, 7) is 2.45. The highest BCUT2D eigenvalue weighted by Gasteiger charge is 2.31. The molecule has 1 saturated heterocycles. The molecule has 0 aromatic carbocycles. The monoisotopic (exact) mass is 302 g/mol. The van der Waals surface area contributed by atoms with E-state index in [1.807, 2.05) is 14.0 Å². The normalized spacial score (nSPS) is 21.2. The molecular weight excluding hydrogens is 280 g/mol. The number of aromatic nitrogens is 2. The van der Waals surface area contributed by atoms with Gasteiger partial charge in [-0.1, -0.05) is 6.42 Å². The minimum atomic E-state index is -3.56. The second-order valence-corrected chi connectivity index (χ2v) is 6.86. The van der Waals surface area contributed by atoms with Crippen molar-refractivity contribution >= 4 is 10.2 Å². The van der Waals surface area contributed by atoms with Crippen molar-refractivity contribution in [2.24, 2.45) is 7.05 Å². The van der Waals surface area contributed by atoms with Crippen molar-refractivity contribution in [3.63, 3.8) is 0 Å². The minimum Gasteiger partial charge on any atom is -0.395 e. The molecule has 1 atom stereocenters. The zero-order valence-electron chi connectivity index (χ0n) is 11.9. The van der Waals surface area contributed by atoms with Crippen molar-refractivity contribution in [1.82, 2.24) is 18.8 Å². The molecule has 2 heterocycles. The highest BCUT2D eigenvalue weighted by molar-refractivity contribution is 7.87. The fraction of sp³-hybridized carbons (Fsp3) is 0.750. The van der Waals surface area contributed by atoms with Crippen LogP contribution in [0.15, 0.2) is 6.20 Å². The molecule has 1 fully saturated rings. The molecule has 0 saturated carbocycles. The quantitative estimate of drug-likeness (QED) is 0.796. The van der Waals surface area contributed by atoms with Crippen molar-refractivity contribution in [2.75, 3.05) is 13.2 Å². The Hall–Kier alpha value is -0.960. The SMILES string of the molecule is Cc1c(CNS(=O)(=O)N2CCCCC2CO)cnn1C. The number of nitrogens with one attached hydrogen (secondary N) is 1. The average Bonchev–Trinajstić information content (AvgIpc) is 2.76. The third kappa shape index (κ3) is 3.20. The molecule has 1 unspecified atom stereocenters. The van der Waals surface area contributed by atoms with Gasteiger partial charge in [0.05, 0.1) is 12.8 Å². The first-order valence-corrected chi connectivity index (χ1v) is 8.24. The summed E-state index contributed by atoms with van der Waals surface area (Å²) in [5, 5.41) is 13.4. The summed E-state index contributed by atoms with van der Waals surface area (Å²) < 4.78 is 30.3. The van der Waals surface area contributed by atoms with Crippen LogP contribution >= 0.6 is 0 Å². The predicted octanol–water partition coefficient (Wildman–Crippen LogP) is -0.0903. The van der Waals surface area contributed by atoms with Gasteiger partial charge in [-0.15, -0.1) is 0 Å². The van der Waals surface area contributed by atoms with E-state index in [1.54, 1.807) is 10.9 Å². The minimum absolute atomic E-state index is 0.132. The Morgan fingerprint density at radius 3 is 2.85 bits per heavy atom. The van der Waals surface area contributed by atoms with Crippen molar-refractivity contribution in [2.45, 2.75) is 38.8 Å². The zero-order valence-corrected chi connectivity index (χ0v) is 12.7. The van der Waals surface area contributed by atoms with E-state index in [-0.39, 0.29) is 19.2 Å². The van der Waals surface area contributed by atoms with Crippen LogP contribution in [-0.4, -0.2) is 46.8 Å². The Bertz CT molecular complexity index is 555. The maximum Gasteiger partial charge on any atom is 0.280 e. The topological polar surface area (TPSA) is 87.5 Å². The Kier molecular flexibility index (Phi) is 4.79. The Balaban J connectivity index is 2.05. The lowest BCUT2D eigenvalue weighted by Gasteiger charge is -2.33. The predicted molar refractivity (Wildman–Crippen MR) is 75.1 cm³/mol. The van der Waals surface area contributed by atoms with E-state index in [0.717, 1.165) is 24.1 Å². The van der Waals surface area contributed by atoms with Crippen LogP contribution in [-0.2, 0) is 23.8 Å². The van der Waals surface area contributed by atoms with Crippen LogP contribution < -0.4 is 4.72 Å². The molecule has 1 aromatic rings. The number of aryl methyl sites for hydroxylation is 1. The van der Waals surface area contributed by atoms with Gasteiger partial charge in [0.15, 0.2) is 0 Å². The molecule has 1 aliphatic heterocycles. The van der Waals surface area contributed by atoms with Gasteiger partial charge in [-0.3, -0.25) is 4.68 Å². The largest absolute Gasteiger partial charge is 0.395 e. The molecule has 20 heavy (non-hydrogen) atoms. The van der Waals surface area contributed by atoms with Gasteiger partial charge in [-0.05, 0) is 19.8 Å². The molecule has 0 spiro atoms. The molecule has 2 N–H and O–H groups in total. The number of nitrogens with zero attached hydrogens (tertiary/aromatic N) is 3. The first-order chi connectivity index (χ1) is 9.45. The van der Waals surface area contributed by atoms with E-state index in [4.69, 9.17) is 0 Å². The van der Waals surface area contributed by atoms with Crippen LogP contribution in [0.3, 0.4) is 0 Å². The second-order valence-electron chi connectivity index (χ2n) is 5.15. The van der Waals surface area contributed by atoms with E-state index in [9.17, 15) is 13.5 Å². The highest BCUT2D eigenvalue weighted by Crippen LogP contribution is 2.19. The summed E-state index contributed by atoms with van der Waals surface area (Å²) in [5.41, 5.74) is 1.79. The number of piperidine rings is 1. The van der Waals surface area contributed by atoms with Crippen LogP contribution in [0.25, 0.3) is 0 Å². The summed E-state index contributed by atoms with van der Waals surface area (Å²) in [5.74, 6) is 0. The second kappa shape index (κ2) is 6.21. The molecule has 0 radical (unpaired) electrons. The van der Waals surface area contributed by atoms with Crippen molar-refractivity contribution < 1.29 is 13.5 Å². The number of aliphatic hydroxyl groups excluding tert-OH is 1. The van der Waals surface area contributed by atoms with Gasteiger partial charge in [-0.2, -0.15) is 22.5 Å². The summed E-state index contributed by atoms with van der Waals surface area (Å²) in [6.07, 6.45) is 4.17. The molecule has 0 bridgehead atoms. The molecule has 114 valence electrons. The molecule has 7 nitrogen and oxygen atoms in total. The lowest BCUT2D eigenvalue weighted by atomic mass is 10.1. The third-order valence-corrected chi connectivity index (χ3v) is 5.48. The zero-order chi connectivity index (χ0) is 14.8. The fourth-order valence-corrected chi connectivity index (χ4v) is 3.88. The van der Waals surface area contributed by atoms with Gasteiger partial charge in [0.1, 0.15) is 0 Å². The highest BCUT2D eigenvalue weighted by atomic mass is 32.2. The average molecular weight is 302 g/mol. The smallest absolute Gasteiger partial charge is 0.280 e. The number of rotatable bonds is 5. The maximum absolute atomic E-state index is 12.3. The van der Waals surface area contributed by atoms with Gasteiger partial charge in [0.25, 0.3) is 10.2 Å². The Morgan fingerprint density at radius 1 is 1.50 bits per heavy atom. The number of hydrogen-bond acceptors (Lipinski definition) is 4. The molecule has 2 rings (SSSR count). The van der Waals surface area contributed by atoms with Gasteiger partial charge < -0.3 is 5.11 Å². The molecular formula is C12H22N4O3S. The molecule has 0 aliphatic carbocycles. The van der Waals surface area contributed by atoms with Crippen molar-refractivity contribution in [1.29, 1.82) is 0 Å². The van der Waals surface area contributed by atoms with Crippen LogP contribution in [0, 0.1) is 6.92 Å². The number of aliphatic hydroxyl groups is 1. The lowest BCUT2D eigenvalue weighted by molar-refractivity contribution is 0.154. The van der Waals surface area contributed by atoms with E-state index in [2.05, 4.69) is 9.82 Å². The van der Waals surface area contributed by atoms with Crippen LogP contribution in [0.1, 0.15) is 30.5 Å². The molecule has 8 heteroatoms. The van der Waals surface area contributed by atoms with Gasteiger partial charge in [0, 0.05) is 37.4 Å². The van der Waals surface area contributed by atoms with E-state index >= 15 is 0 Å². The number of hydrogen-bond donors (Lipinski definition) is 2. The standard InChI is InChI=1S/C12H22N4O3S/c1-10-11(7-13-15(10)2)8-14-20(18,19)16-6-4-3-5-12(16)9-17/h7,12,14,17H,3-6,8-9H2,1-2H3. The summed E-state index contributed by atoms with van der Waals surface area (Å²) in [7, 11) is -1.74. The van der Waals surface area contributed by atoms with E-state index in [1.165, 1.54) is 4.31 Å². The third-order valence-electron chi connectivity index (χ3n) is 3.87. The van der Waals surface area contributed by atoms with Crippen LogP contribution in [0.2, 0.25) is 0 Å². The van der Waals surface area contributed by atoms with E-state index in [0.29, 0.717) is 13.0 Å². The summed E-state index contributed by atoms with van der Waals surface area (Å²) in [6, 6.07) is -0.309. The van der Waals surface area contributed by atoms with Gasteiger partial charge in [0.2, 0.25) is 0 Å². The lowest BCUT2D eigenvalue weighted by Crippen LogP contribution is -2.50. The van der Waals surface area contributed by atoms with Gasteiger partial charge >= 0.3 is 0 Å². The summed E-state index contributed by atoms with van der Waals surface area (Å²) >= 11 is 0. The van der Waals surface area contributed by atoms with Gasteiger partial charge in [-0.25, -0.2) is 0 Å². The molecule has 1 aliphatic rings. The molecule has 1 aromatic heterocycles.